The van der Waals surface area contributed by atoms with Gasteiger partial charge in [0.25, 0.3) is 5.91 Å². The lowest BCUT2D eigenvalue weighted by molar-refractivity contribution is -0.899. The summed E-state index contributed by atoms with van der Waals surface area (Å²) in [6.45, 7) is 3.25. The Kier molecular flexibility index (Phi) is 6.88. The Bertz CT molecular complexity index is 667. The number of hydrogen-bond donors (Lipinski definition) is 2. The first kappa shape index (κ1) is 20.5. The van der Waals surface area contributed by atoms with E-state index in [1.54, 1.807) is 6.92 Å². The van der Waals surface area contributed by atoms with E-state index in [9.17, 15) is 22.8 Å². The molecule has 0 aromatic heterocycles. The Hall–Kier alpha value is -1.80. The fourth-order valence-corrected chi connectivity index (χ4v) is 3.16. The molecule has 0 saturated carbocycles. The van der Waals surface area contributed by atoms with Crippen molar-refractivity contribution in [2.75, 3.05) is 31.6 Å². The number of rotatable bonds is 5. The highest BCUT2D eigenvalue weighted by Crippen LogP contribution is 2.33. The zero-order chi connectivity index (χ0) is 19.3. The molecule has 1 aromatic rings. The maximum Gasteiger partial charge on any atom is 0.416 e. The van der Waals surface area contributed by atoms with Crippen molar-refractivity contribution in [2.45, 2.75) is 25.9 Å². The van der Waals surface area contributed by atoms with Crippen molar-refractivity contribution >= 4 is 29.2 Å². The Morgan fingerprint density at radius 1 is 1.38 bits per heavy atom. The van der Waals surface area contributed by atoms with Crippen LogP contribution in [0.1, 0.15) is 25.3 Å². The van der Waals surface area contributed by atoms with Crippen LogP contribution in [0.25, 0.3) is 0 Å². The fourth-order valence-electron chi connectivity index (χ4n) is 2.99. The number of nitrogens with one attached hydrogen (secondary N) is 2. The third kappa shape index (κ3) is 5.60. The van der Waals surface area contributed by atoms with Crippen molar-refractivity contribution in [1.82, 2.24) is 0 Å². The molecule has 2 atom stereocenters. The van der Waals surface area contributed by atoms with E-state index in [0.717, 1.165) is 29.5 Å². The van der Waals surface area contributed by atoms with Crippen molar-refractivity contribution in [1.29, 1.82) is 0 Å². The number of hydrogen-bond acceptors (Lipinski definition) is 3. The molecule has 1 aliphatic rings. The van der Waals surface area contributed by atoms with Gasteiger partial charge in [0.05, 0.1) is 36.0 Å². The molecule has 1 aromatic carbocycles. The minimum absolute atomic E-state index is 0.0318. The summed E-state index contributed by atoms with van der Waals surface area (Å²) in [4.78, 5) is 24.9. The first-order valence-electron chi connectivity index (χ1n) is 8.37. The number of carbonyl (C=O) groups is 2. The van der Waals surface area contributed by atoms with E-state index in [2.05, 4.69) is 5.32 Å². The summed E-state index contributed by atoms with van der Waals surface area (Å²) in [5, 5.41) is 2.46. The van der Waals surface area contributed by atoms with Crippen molar-refractivity contribution < 1.29 is 32.4 Å². The highest BCUT2D eigenvalue weighted by Gasteiger charge is 2.32. The molecule has 0 bridgehead atoms. The van der Waals surface area contributed by atoms with Crippen LogP contribution in [0.15, 0.2) is 18.2 Å². The second-order valence-corrected chi connectivity index (χ2v) is 6.62. The summed E-state index contributed by atoms with van der Waals surface area (Å²) >= 11 is 5.88. The summed E-state index contributed by atoms with van der Waals surface area (Å²) < 4.78 is 43.4. The van der Waals surface area contributed by atoms with Gasteiger partial charge in [-0.2, -0.15) is 13.2 Å². The van der Waals surface area contributed by atoms with Gasteiger partial charge in [-0.3, -0.25) is 9.59 Å². The summed E-state index contributed by atoms with van der Waals surface area (Å²) in [6.07, 6.45) is -3.03. The number of quaternary nitrogens is 1. The molecule has 5 nitrogen and oxygen atoms in total. The summed E-state index contributed by atoms with van der Waals surface area (Å²) in [5.41, 5.74) is -0.963. The van der Waals surface area contributed by atoms with Crippen LogP contribution in [0, 0.1) is 5.92 Å². The number of halogens is 4. The highest BCUT2D eigenvalue weighted by molar-refractivity contribution is 6.33. The second-order valence-electron chi connectivity index (χ2n) is 6.21. The number of anilines is 1. The van der Waals surface area contributed by atoms with Crippen molar-refractivity contribution in [2.24, 2.45) is 5.92 Å². The molecule has 26 heavy (non-hydrogen) atoms. The van der Waals surface area contributed by atoms with Gasteiger partial charge < -0.3 is 15.0 Å². The minimum Gasteiger partial charge on any atom is -0.466 e. The van der Waals surface area contributed by atoms with Crippen LogP contribution < -0.4 is 10.2 Å². The van der Waals surface area contributed by atoms with E-state index in [4.69, 9.17) is 16.3 Å². The molecule has 2 rings (SSSR count). The average Bonchev–Trinajstić information content (AvgIpc) is 2.56. The Balaban J connectivity index is 1.97. The molecule has 2 N–H and O–H groups in total. The lowest BCUT2D eigenvalue weighted by Gasteiger charge is -2.28. The zero-order valence-electron chi connectivity index (χ0n) is 14.3. The molecular weight excluding hydrogens is 373 g/mol. The van der Waals surface area contributed by atoms with E-state index in [0.29, 0.717) is 26.1 Å². The molecule has 1 fully saturated rings. The monoisotopic (exact) mass is 393 g/mol. The molecule has 1 unspecified atom stereocenters. The molecule has 1 saturated heterocycles. The van der Waals surface area contributed by atoms with Gasteiger partial charge in [-0.05, 0) is 38.0 Å². The van der Waals surface area contributed by atoms with E-state index in [1.807, 2.05) is 0 Å². The zero-order valence-corrected chi connectivity index (χ0v) is 15.0. The van der Waals surface area contributed by atoms with Gasteiger partial charge in [-0.25, -0.2) is 0 Å². The molecule has 144 valence electrons. The quantitative estimate of drug-likeness (QED) is 0.754. The van der Waals surface area contributed by atoms with Crippen LogP contribution in [0.4, 0.5) is 18.9 Å². The van der Waals surface area contributed by atoms with Crippen molar-refractivity contribution in [3.8, 4) is 0 Å². The predicted octanol–water partition coefficient (Wildman–Crippen LogP) is 2.16. The molecule has 1 heterocycles. The van der Waals surface area contributed by atoms with Crippen LogP contribution in [0.5, 0.6) is 0 Å². The number of amides is 1. The lowest BCUT2D eigenvalue weighted by Crippen LogP contribution is -3.14. The second kappa shape index (κ2) is 8.73. The van der Waals surface area contributed by atoms with Crippen LogP contribution in [-0.2, 0) is 20.5 Å². The van der Waals surface area contributed by atoms with Gasteiger partial charge in [-0.1, -0.05) is 11.6 Å². The largest absolute Gasteiger partial charge is 0.466 e. The van der Waals surface area contributed by atoms with Gasteiger partial charge in [0.1, 0.15) is 5.92 Å². The number of likely N-dealkylation sites (tertiary alicyclic amines) is 1. The number of esters is 1. The Labute approximate surface area is 154 Å². The number of carbonyl (C=O) groups excluding carboxylic acids is 2. The number of benzene rings is 1. The van der Waals surface area contributed by atoms with E-state index < -0.39 is 17.6 Å². The normalized spacial score (nSPS) is 20.5. The average molecular weight is 394 g/mol. The molecule has 0 aliphatic carbocycles. The topological polar surface area (TPSA) is 59.8 Å². The minimum atomic E-state index is -4.52. The van der Waals surface area contributed by atoms with Crippen LogP contribution >= 0.6 is 11.6 Å². The third-order valence-electron chi connectivity index (χ3n) is 4.22. The standard InChI is InChI=1S/C17H20ClF3N2O3/c1-2-26-16(25)11-4-3-7-23(9-11)10-15(24)22-14-8-12(17(19,20)21)5-6-13(14)18/h5-6,8,11H,2-4,7,9-10H2,1H3,(H,22,24)/p+1/t11-/m1/s1. The molecule has 1 amide bonds. The van der Waals surface area contributed by atoms with Gasteiger partial charge >= 0.3 is 12.1 Å². The number of alkyl halides is 3. The van der Waals surface area contributed by atoms with Crippen LogP contribution in [0.3, 0.4) is 0 Å². The van der Waals surface area contributed by atoms with Crippen molar-refractivity contribution in [3.63, 3.8) is 0 Å². The number of ether oxygens (including phenoxy) is 1. The smallest absolute Gasteiger partial charge is 0.416 e. The van der Waals surface area contributed by atoms with Gasteiger partial charge in [0, 0.05) is 0 Å². The summed E-state index contributed by atoms with van der Waals surface area (Å²) in [5.74, 6) is -0.986. The maximum absolute atomic E-state index is 12.8. The molecule has 0 radical (unpaired) electrons. The molecule has 0 spiro atoms. The summed E-state index contributed by atoms with van der Waals surface area (Å²) in [7, 11) is 0. The van der Waals surface area contributed by atoms with Crippen LogP contribution in [0.2, 0.25) is 5.02 Å². The molecular formula is C17H21ClF3N2O3+. The van der Waals surface area contributed by atoms with E-state index in [-0.39, 0.29) is 29.1 Å². The van der Waals surface area contributed by atoms with Gasteiger partial charge in [-0.15, -0.1) is 0 Å². The van der Waals surface area contributed by atoms with Gasteiger partial charge in [0.15, 0.2) is 6.54 Å². The third-order valence-corrected chi connectivity index (χ3v) is 4.55. The highest BCUT2D eigenvalue weighted by atomic mass is 35.5. The fraction of sp³-hybridized carbons (Fsp3) is 0.529. The first-order chi connectivity index (χ1) is 12.2. The predicted molar refractivity (Wildman–Crippen MR) is 90.0 cm³/mol. The Morgan fingerprint density at radius 2 is 2.12 bits per heavy atom. The summed E-state index contributed by atoms with van der Waals surface area (Å²) in [6, 6.07) is 2.77. The van der Waals surface area contributed by atoms with Crippen molar-refractivity contribution in [3.05, 3.63) is 28.8 Å². The van der Waals surface area contributed by atoms with Gasteiger partial charge in [0.2, 0.25) is 0 Å². The maximum atomic E-state index is 12.8. The molecule has 1 aliphatic heterocycles. The SMILES string of the molecule is CCOC(=O)[C@@H]1CCC[NH+](CC(=O)Nc2cc(C(F)(F)F)ccc2Cl)C1. The molecule has 9 heteroatoms. The lowest BCUT2D eigenvalue weighted by atomic mass is 9.98. The Morgan fingerprint density at radius 3 is 2.77 bits per heavy atom. The van der Waals surface area contributed by atoms with E-state index >= 15 is 0 Å². The van der Waals surface area contributed by atoms with E-state index in [1.165, 1.54) is 0 Å². The van der Waals surface area contributed by atoms with Crippen LogP contribution in [-0.4, -0.2) is 38.1 Å². The number of piperidine rings is 1. The first-order valence-corrected chi connectivity index (χ1v) is 8.75.